The molecule has 0 aliphatic carbocycles. The predicted octanol–water partition coefficient (Wildman–Crippen LogP) is 3.62. The van der Waals surface area contributed by atoms with Gasteiger partial charge in [-0.15, -0.1) is 0 Å². The van der Waals surface area contributed by atoms with Gasteiger partial charge in [0.1, 0.15) is 24.7 Å². The molecule has 0 fully saturated rings. The van der Waals surface area contributed by atoms with Crippen LogP contribution >= 0.6 is 14.7 Å². The fourth-order valence-electron chi connectivity index (χ4n) is 3.94. The van der Waals surface area contributed by atoms with Crippen molar-refractivity contribution in [3.8, 4) is 11.5 Å². The number of rotatable bonds is 15. The largest absolute Gasteiger partial charge is 0.490 e. The fourth-order valence-corrected chi connectivity index (χ4v) is 7.10. The smallest absolute Gasteiger partial charge is 0.262 e. The molecule has 2 N–H and O–H groups in total. The van der Waals surface area contributed by atoms with Gasteiger partial charge < -0.3 is 28.7 Å². The molecule has 0 radical (unpaired) electrons. The lowest BCUT2D eigenvalue weighted by molar-refractivity contribution is 0.0275. The second-order valence-electron chi connectivity index (χ2n) is 8.68. The monoisotopic (exact) mass is 582 g/mol. The zero-order valence-electron chi connectivity index (χ0n) is 21.9. The van der Waals surface area contributed by atoms with E-state index in [1.807, 2.05) is 0 Å². The Labute approximate surface area is 234 Å². The first-order valence-corrected chi connectivity index (χ1v) is 16.1. The summed E-state index contributed by atoms with van der Waals surface area (Å²) in [5.41, 5.74) is 0. The van der Waals surface area contributed by atoms with Crippen molar-refractivity contribution in [2.75, 3.05) is 39.6 Å². The summed E-state index contributed by atoms with van der Waals surface area (Å²) in [7, 11) is -7.58. The molecule has 4 aromatic carbocycles. The van der Waals surface area contributed by atoms with Crippen LogP contribution in [0.3, 0.4) is 0 Å². The van der Waals surface area contributed by atoms with Gasteiger partial charge in [-0.05, 0) is 48.5 Å². The molecule has 2 atom stereocenters. The topological polar surface area (TPSA) is 112 Å². The van der Waals surface area contributed by atoms with E-state index in [4.69, 9.17) is 18.9 Å². The van der Waals surface area contributed by atoms with E-state index in [2.05, 4.69) is 0 Å². The van der Waals surface area contributed by atoms with Gasteiger partial charge in [0, 0.05) is 10.6 Å². The van der Waals surface area contributed by atoms with Gasteiger partial charge in [-0.25, -0.2) is 0 Å². The van der Waals surface area contributed by atoms with E-state index in [1.54, 1.807) is 109 Å². The number of benzene rings is 4. The van der Waals surface area contributed by atoms with Crippen LogP contribution in [0.2, 0.25) is 0 Å². The van der Waals surface area contributed by atoms with E-state index in [1.165, 1.54) is 0 Å². The maximum atomic E-state index is 13.1. The Morgan fingerprint density at radius 2 is 0.775 bits per heavy atom. The van der Waals surface area contributed by atoms with Gasteiger partial charge in [0.2, 0.25) is 0 Å². The highest BCUT2D eigenvalue weighted by atomic mass is 31.2. The lowest BCUT2D eigenvalue weighted by atomic mass is 10.3. The SMILES string of the molecule is O=P(O)(c1ccccc1)c1ccccc1OCCOCCOCCOc1ccccc1P(=O)(O)c1ccccc1. The third-order valence-corrected chi connectivity index (χ3v) is 9.98. The summed E-state index contributed by atoms with van der Waals surface area (Å²) < 4.78 is 48.8. The molecule has 40 heavy (non-hydrogen) atoms. The van der Waals surface area contributed by atoms with Crippen LogP contribution < -0.4 is 30.7 Å². The van der Waals surface area contributed by atoms with Crippen molar-refractivity contribution in [1.82, 2.24) is 0 Å². The number of hydrogen-bond acceptors (Lipinski definition) is 6. The Morgan fingerprint density at radius 3 is 1.18 bits per heavy atom. The molecule has 0 saturated carbocycles. The van der Waals surface area contributed by atoms with E-state index in [0.29, 0.717) is 35.3 Å². The van der Waals surface area contributed by atoms with Crippen LogP contribution in [0.25, 0.3) is 0 Å². The van der Waals surface area contributed by atoms with E-state index in [-0.39, 0.29) is 37.0 Å². The Bertz CT molecular complexity index is 1340. The van der Waals surface area contributed by atoms with Crippen molar-refractivity contribution in [2.24, 2.45) is 0 Å². The van der Waals surface area contributed by atoms with Gasteiger partial charge in [0.25, 0.3) is 14.7 Å². The molecule has 0 heterocycles. The molecule has 4 rings (SSSR count). The van der Waals surface area contributed by atoms with Gasteiger partial charge in [-0.3, -0.25) is 9.13 Å². The third-order valence-electron chi connectivity index (χ3n) is 5.94. The molecular weight excluding hydrogens is 550 g/mol. The minimum absolute atomic E-state index is 0.203. The van der Waals surface area contributed by atoms with Crippen LogP contribution in [0.5, 0.6) is 11.5 Å². The lowest BCUT2D eigenvalue weighted by Gasteiger charge is -2.17. The molecule has 2 unspecified atom stereocenters. The highest BCUT2D eigenvalue weighted by molar-refractivity contribution is 7.74. The summed E-state index contributed by atoms with van der Waals surface area (Å²) in [4.78, 5) is 21.5. The van der Waals surface area contributed by atoms with E-state index < -0.39 is 14.7 Å². The second kappa shape index (κ2) is 14.4. The van der Waals surface area contributed by atoms with E-state index in [9.17, 15) is 18.9 Å². The average molecular weight is 583 g/mol. The first-order chi connectivity index (χ1) is 19.4. The van der Waals surface area contributed by atoms with Crippen LogP contribution in [-0.2, 0) is 18.6 Å². The molecule has 0 aliphatic rings. The molecule has 4 aromatic rings. The molecular formula is C30H32O8P2. The zero-order chi connectivity index (χ0) is 28.3. The molecule has 210 valence electrons. The van der Waals surface area contributed by atoms with Crippen LogP contribution in [0.4, 0.5) is 0 Å². The molecule has 0 spiro atoms. The summed E-state index contributed by atoms with van der Waals surface area (Å²) in [6, 6.07) is 30.4. The minimum atomic E-state index is -3.79. The number of para-hydroxylation sites is 2. The van der Waals surface area contributed by atoms with Crippen molar-refractivity contribution in [3.05, 3.63) is 109 Å². The average Bonchev–Trinajstić information content (AvgIpc) is 2.99. The van der Waals surface area contributed by atoms with Crippen LogP contribution in [0.1, 0.15) is 0 Å². The highest BCUT2D eigenvalue weighted by Gasteiger charge is 2.28. The summed E-state index contributed by atoms with van der Waals surface area (Å²) in [6.07, 6.45) is 0. The Morgan fingerprint density at radius 1 is 0.450 bits per heavy atom. The number of ether oxygens (including phenoxy) is 4. The summed E-state index contributed by atoms with van der Waals surface area (Å²) in [6.45, 7) is 1.60. The quantitative estimate of drug-likeness (QED) is 0.162. The van der Waals surface area contributed by atoms with Gasteiger partial charge >= 0.3 is 0 Å². The molecule has 0 amide bonds. The van der Waals surface area contributed by atoms with Gasteiger partial charge in [0.05, 0.1) is 37.0 Å². The van der Waals surface area contributed by atoms with Crippen LogP contribution in [-0.4, -0.2) is 49.4 Å². The minimum Gasteiger partial charge on any atom is -0.490 e. The molecule has 0 aromatic heterocycles. The maximum absolute atomic E-state index is 13.1. The van der Waals surface area contributed by atoms with Crippen LogP contribution in [0, 0.1) is 0 Å². The lowest BCUT2D eigenvalue weighted by Crippen LogP contribution is -2.20. The van der Waals surface area contributed by atoms with Crippen molar-refractivity contribution >= 4 is 36.0 Å². The fraction of sp³-hybridized carbons (Fsp3) is 0.200. The summed E-state index contributed by atoms with van der Waals surface area (Å²) in [5, 5.41) is 1.17. The molecule has 0 aliphatic heterocycles. The van der Waals surface area contributed by atoms with Crippen LogP contribution in [0.15, 0.2) is 109 Å². The zero-order valence-corrected chi connectivity index (χ0v) is 23.7. The van der Waals surface area contributed by atoms with Crippen molar-refractivity contribution in [3.63, 3.8) is 0 Å². The third kappa shape index (κ3) is 7.70. The number of hydrogen-bond donors (Lipinski definition) is 2. The standard InChI is InChI=1S/C30H32O8P2/c31-39(32,25-11-3-1-4-12-25)29-17-9-7-15-27(29)37-23-21-35-19-20-36-22-24-38-28-16-8-10-18-30(28)40(33,34)26-13-5-2-6-14-26/h1-18H,19-24H2,(H,31,32)(H,33,34). The van der Waals surface area contributed by atoms with Gasteiger partial charge in [-0.2, -0.15) is 0 Å². The van der Waals surface area contributed by atoms with Gasteiger partial charge in [-0.1, -0.05) is 60.7 Å². The Kier molecular flexibility index (Phi) is 10.7. The normalized spacial score (nSPS) is 14.2. The summed E-state index contributed by atoms with van der Waals surface area (Å²) >= 11 is 0. The Hall–Kier alpha value is -3.22. The van der Waals surface area contributed by atoms with Crippen molar-refractivity contribution in [2.45, 2.75) is 0 Å². The summed E-state index contributed by atoms with van der Waals surface area (Å²) in [5.74, 6) is 0.684. The molecule has 0 saturated heterocycles. The van der Waals surface area contributed by atoms with E-state index in [0.717, 1.165) is 0 Å². The Balaban J connectivity index is 1.16. The highest BCUT2D eigenvalue weighted by Crippen LogP contribution is 2.42. The van der Waals surface area contributed by atoms with E-state index >= 15 is 0 Å². The van der Waals surface area contributed by atoms with Crippen molar-refractivity contribution < 1.29 is 37.9 Å². The maximum Gasteiger partial charge on any atom is 0.262 e. The first kappa shape index (κ1) is 29.8. The first-order valence-electron chi connectivity index (χ1n) is 12.8. The predicted molar refractivity (Wildman–Crippen MR) is 157 cm³/mol. The molecule has 0 bridgehead atoms. The van der Waals surface area contributed by atoms with Crippen molar-refractivity contribution in [1.29, 1.82) is 0 Å². The molecule has 8 nitrogen and oxygen atoms in total. The molecule has 10 heteroatoms. The second-order valence-corrected chi connectivity index (χ2v) is 13.0. The van der Waals surface area contributed by atoms with Gasteiger partial charge in [0.15, 0.2) is 0 Å².